The van der Waals surface area contributed by atoms with Gasteiger partial charge in [0.05, 0.1) is 33.8 Å². The van der Waals surface area contributed by atoms with Crippen LogP contribution in [0.4, 0.5) is 0 Å². The molecule has 10 heteroatoms. The van der Waals surface area contributed by atoms with Crippen molar-refractivity contribution in [2.24, 2.45) is 0 Å². The van der Waals surface area contributed by atoms with Crippen LogP contribution >= 0.6 is 7.82 Å². The topological polar surface area (TPSA) is 114 Å². The van der Waals surface area contributed by atoms with E-state index in [0.717, 1.165) is 122 Å². The first-order valence-electron chi connectivity index (χ1n) is 33.9. The standard InChI is InChI=1S/C71H129N2O7P/c1-7-10-13-16-19-22-25-28-30-32-34-35-36-37-39-41-43-46-49-52-55-58-61-64-71(75)80-69(62-59-56-53-50-47-44-27-24-21-18-15-12-9-3)68(67-79-81(76,77)78-66-65-73(4,5)6)72-70(74)63-60-57-54-51-48-45-42-40-38-33-31-29-26-23-20-17-14-11-8-2/h19-20,22-23,28-31,34-35,38,40,59,62,68-69H,7-18,21,24-27,32-33,36-37,39,41-58,60-61,63-67H2,1-6H3,(H-,72,74,76,77)/b22-19-,23-20-,30-28-,31-29-,35-34-,40-38-,62-59+. The van der Waals surface area contributed by atoms with Crippen molar-refractivity contribution in [3.05, 3.63) is 85.1 Å². The number of phosphoric acid groups is 1. The summed E-state index contributed by atoms with van der Waals surface area (Å²) in [4.78, 5) is 40.1. The first-order valence-corrected chi connectivity index (χ1v) is 35.4. The van der Waals surface area contributed by atoms with E-state index >= 15 is 0 Å². The van der Waals surface area contributed by atoms with Crippen LogP contribution in [-0.4, -0.2) is 69.4 Å². The third-order valence-corrected chi connectivity index (χ3v) is 15.8. The van der Waals surface area contributed by atoms with Crippen molar-refractivity contribution < 1.29 is 37.3 Å². The molecule has 0 aliphatic rings. The van der Waals surface area contributed by atoms with Crippen LogP contribution in [0, 0.1) is 0 Å². The number of hydrogen-bond donors (Lipinski definition) is 1. The molecule has 0 radical (unpaired) electrons. The Hall–Kier alpha value is -2.81. The van der Waals surface area contributed by atoms with Crippen LogP contribution in [-0.2, 0) is 27.9 Å². The molecule has 3 atom stereocenters. The summed E-state index contributed by atoms with van der Waals surface area (Å²) in [5.41, 5.74) is 0. The summed E-state index contributed by atoms with van der Waals surface area (Å²) < 4.78 is 30.4. The predicted molar refractivity (Wildman–Crippen MR) is 348 cm³/mol. The molecule has 81 heavy (non-hydrogen) atoms. The zero-order valence-electron chi connectivity index (χ0n) is 53.7. The van der Waals surface area contributed by atoms with E-state index < -0.39 is 26.6 Å². The van der Waals surface area contributed by atoms with Gasteiger partial charge in [0.2, 0.25) is 5.91 Å². The molecule has 470 valence electrons. The Bertz CT molecular complexity index is 1660. The Balaban J connectivity index is 5.21. The Kier molecular flexibility index (Phi) is 58.2. The van der Waals surface area contributed by atoms with Gasteiger partial charge in [-0.1, -0.05) is 267 Å². The highest BCUT2D eigenvalue weighted by atomic mass is 31.2. The highest BCUT2D eigenvalue weighted by molar-refractivity contribution is 7.45. The number of esters is 1. The second kappa shape index (κ2) is 60.3. The van der Waals surface area contributed by atoms with Crippen molar-refractivity contribution in [1.82, 2.24) is 5.32 Å². The van der Waals surface area contributed by atoms with Crippen molar-refractivity contribution in [3.63, 3.8) is 0 Å². The molecule has 0 spiro atoms. The molecule has 1 amide bonds. The molecular weight excluding hydrogens is 1020 g/mol. The first kappa shape index (κ1) is 78.2. The number of amides is 1. The molecule has 1 N–H and O–H groups in total. The lowest BCUT2D eigenvalue weighted by molar-refractivity contribution is -0.870. The van der Waals surface area contributed by atoms with Gasteiger partial charge in [0.15, 0.2) is 0 Å². The number of unbranched alkanes of at least 4 members (excludes halogenated alkanes) is 33. The lowest BCUT2D eigenvalue weighted by Gasteiger charge is -2.30. The number of nitrogens with one attached hydrogen (secondary N) is 1. The molecular formula is C71H129N2O7P. The van der Waals surface area contributed by atoms with E-state index in [1.807, 2.05) is 33.3 Å². The summed E-state index contributed by atoms with van der Waals surface area (Å²) in [6, 6.07) is -0.902. The zero-order chi connectivity index (χ0) is 59.3. The molecule has 0 heterocycles. The van der Waals surface area contributed by atoms with Gasteiger partial charge in [-0.25, -0.2) is 0 Å². The maximum absolute atomic E-state index is 13.6. The molecule has 0 aromatic rings. The van der Waals surface area contributed by atoms with Gasteiger partial charge < -0.3 is 28.5 Å². The number of rotatable bonds is 61. The van der Waals surface area contributed by atoms with E-state index in [2.05, 4.69) is 99.0 Å². The molecule has 3 unspecified atom stereocenters. The molecule has 0 aromatic carbocycles. The van der Waals surface area contributed by atoms with E-state index in [1.165, 1.54) is 148 Å². The quantitative estimate of drug-likeness (QED) is 0.0212. The Morgan fingerprint density at radius 3 is 1.15 bits per heavy atom. The Morgan fingerprint density at radius 2 is 0.753 bits per heavy atom. The number of ether oxygens (including phenoxy) is 1. The van der Waals surface area contributed by atoms with Crippen LogP contribution in [0.3, 0.4) is 0 Å². The average Bonchev–Trinajstić information content (AvgIpc) is 3.44. The fourth-order valence-electron chi connectivity index (χ4n) is 9.54. The summed E-state index contributed by atoms with van der Waals surface area (Å²) in [5, 5.41) is 3.03. The van der Waals surface area contributed by atoms with Crippen molar-refractivity contribution in [2.45, 2.75) is 315 Å². The Morgan fingerprint density at radius 1 is 0.432 bits per heavy atom. The van der Waals surface area contributed by atoms with E-state index in [1.54, 1.807) is 0 Å². The molecule has 0 rings (SSSR count). The van der Waals surface area contributed by atoms with Crippen LogP contribution < -0.4 is 10.2 Å². The van der Waals surface area contributed by atoms with Gasteiger partial charge in [-0.15, -0.1) is 0 Å². The molecule has 9 nitrogen and oxygen atoms in total. The molecule has 0 saturated heterocycles. The van der Waals surface area contributed by atoms with Crippen LogP contribution in [0.2, 0.25) is 0 Å². The fraction of sp³-hybridized carbons (Fsp3) is 0.775. The normalized spacial score (nSPS) is 14.1. The van der Waals surface area contributed by atoms with Crippen molar-refractivity contribution in [3.8, 4) is 0 Å². The first-order chi connectivity index (χ1) is 39.4. The van der Waals surface area contributed by atoms with E-state index in [0.29, 0.717) is 17.4 Å². The molecule has 0 aromatic heterocycles. The summed E-state index contributed by atoms with van der Waals surface area (Å²) in [7, 11) is 1.17. The average molecular weight is 1150 g/mol. The van der Waals surface area contributed by atoms with Gasteiger partial charge >= 0.3 is 5.97 Å². The second-order valence-corrected chi connectivity index (χ2v) is 25.4. The molecule has 0 aliphatic heterocycles. The minimum Gasteiger partial charge on any atom is -0.756 e. The fourth-order valence-corrected chi connectivity index (χ4v) is 10.3. The number of hydrogen-bond acceptors (Lipinski definition) is 7. The number of allylic oxidation sites excluding steroid dienone is 13. The van der Waals surface area contributed by atoms with Gasteiger partial charge in [0, 0.05) is 12.8 Å². The van der Waals surface area contributed by atoms with Crippen LogP contribution in [0.1, 0.15) is 303 Å². The van der Waals surface area contributed by atoms with E-state index in [9.17, 15) is 19.0 Å². The van der Waals surface area contributed by atoms with Gasteiger partial charge in [0.1, 0.15) is 19.3 Å². The molecule has 0 saturated carbocycles. The van der Waals surface area contributed by atoms with Gasteiger partial charge in [-0.3, -0.25) is 14.2 Å². The van der Waals surface area contributed by atoms with E-state index in [-0.39, 0.29) is 24.9 Å². The molecule has 0 fully saturated rings. The third kappa shape index (κ3) is 61.6. The molecule has 0 bridgehead atoms. The zero-order valence-corrected chi connectivity index (χ0v) is 54.6. The van der Waals surface area contributed by atoms with Crippen molar-refractivity contribution >= 4 is 19.7 Å². The smallest absolute Gasteiger partial charge is 0.306 e. The number of nitrogens with zero attached hydrogens (tertiary/aromatic N) is 1. The second-order valence-electron chi connectivity index (χ2n) is 24.0. The summed E-state index contributed by atoms with van der Waals surface area (Å²) in [6.07, 6.45) is 79.7. The minimum atomic E-state index is -4.71. The maximum Gasteiger partial charge on any atom is 0.306 e. The number of likely N-dealkylation sites (N-methyl/N-ethyl adjacent to an activating group) is 1. The van der Waals surface area contributed by atoms with Gasteiger partial charge in [-0.2, -0.15) is 0 Å². The third-order valence-electron chi connectivity index (χ3n) is 14.8. The minimum absolute atomic E-state index is 0.0285. The SMILES string of the molecule is CCCCC/C=C\C/C=C\C/C=C\CCCCCCCCCCCCC(=O)OC(/C=C/CCCCCCCCCCCCC)C(COP(=O)([O-])OCC[N+](C)(C)C)NC(=O)CCCCCCCC/C=C\C/C=C\C/C=C\CCCCC. The highest BCUT2D eigenvalue weighted by Gasteiger charge is 2.27. The van der Waals surface area contributed by atoms with E-state index in [4.69, 9.17) is 13.8 Å². The largest absolute Gasteiger partial charge is 0.756 e. The van der Waals surface area contributed by atoms with Crippen LogP contribution in [0.5, 0.6) is 0 Å². The summed E-state index contributed by atoms with van der Waals surface area (Å²) in [5.74, 6) is -0.556. The van der Waals surface area contributed by atoms with Crippen LogP contribution in [0.15, 0.2) is 85.1 Å². The lowest BCUT2D eigenvalue weighted by atomic mass is 10.0. The molecule has 0 aliphatic carbocycles. The lowest BCUT2D eigenvalue weighted by Crippen LogP contribution is -2.47. The number of phosphoric ester groups is 1. The predicted octanol–water partition coefficient (Wildman–Crippen LogP) is 20.7. The van der Waals surface area contributed by atoms with Crippen LogP contribution in [0.25, 0.3) is 0 Å². The number of carbonyl (C=O) groups excluding carboxylic acids is 2. The summed E-state index contributed by atoms with van der Waals surface area (Å²) >= 11 is 0. The van der Waals surface area contributed by atoms with Crippen molar-refractivity contribution in [2.75, 3.05) is 40.9 Å². The highest BCUT2D eigenvalue weighted by Crippen LogP contribution is 2.38. The maximum atomic E-state index is 13.6. The number of carbonyl (C=O) groups is 2. The van der Waals surface area contributed by atoms with Gasteiger partial charge in [-0.05, 0) is 109 Å². The summed E-state index contributed by atoms with van der Waals surface area (Å²) in [6.45, 7) is 6.80. The number of quaternary nitrogens is 1. The Labute approximate surface area is 501 Å². The van der Waals surface area contributed by atoms with Gasteiger partial charge in [0.25, 0.3) is 7.82 Å². The van der Waals surface area contributed by atoms with Crippen molar-refractivity contribution in [1.29, 1.82) is 0 Å². The monoisotopic (exact) mass is 1150 g/mol.